The number of aliphatic hydroxyl groups excluding tert-OH is 2. The van der Waals surface area contributed by atoms with Gasteiger partial charge in [0.05, 0.1) is 23.3 Å². The van der Waals surface area contributed by atoms with E-state index in [-0.39, 0.29) is 40.7 Å². The number of sulfonamides is 1. The standard InChI is InChI=1S/C19H23N7O8S/c1-3-24(35(31,32)10-4-5-12(33-2)11(6-10)26(29)30)7-13-15(27)16(28)19(34-13)25-9-23-14-17(20)21-8-22-18(14)25/h4-6,8-9,13,15-16,19,27-28H,3,7H2,1-2H3,(H2,20,21,22)/t13-,15-,16-,19-/m1/s1. The number of imidazole rings is 1. The van der Waals surface area contributed by atoms with Crippen LogP contribution in [-0.4, -0.2) is 85.9 Å². The van der Waals surface area contributed by atoms with Gasteiger partial charge in [-0.15, -0.1) is 0 Å². The van der Waals surface area contributed by atoms with Crippen molar-refractivity contribution in [2.24, 2.45) is 0 Å². The monoisotopic (exact) mass is 509 g/mol. The average Bonchev–Trinajstić information content (AvgIpc) is 3.38. The number of aliphatic hydroxyl groups is 2. The first-order chi connectivity index (χ1) is 16.6. The number of rotatable bonds is 8. The van der Waals surface area contributed by atoms with Gasteiger partial charge >= 0.3 is 5.69 Å². The van der Waals surface area contributed by atoms with Crippen LogP contribution in [0.25, 0.3) is 11.2 Å². The number of nitro benzene ring substituents is 1. The maximum atomic E-state index is 13.3. The van der Waals surface area contributed by atoms with Crippen LogP contribution in [-0.2, 0) is 14.8 Å². The van der Waals surface area contributed by atoms with Crippen molar-refractivity contribution in [3.63, 3.8) is 0 Å². The molecule has 1 fully saturated rings. The molecule has 4 atom stereocenters. The minimum absolute atomic E-state index is 0.0345. The molecule has 4 rings (SSSR count). The molecular weight excluding hydrogens is 486 g/mol. The number of nitrogens with zero attached hydrogens (tertiary/aromatic N) is 6. The zero-order chi connectivity index (χ0) is 25.5. The molecule has 0 radical (unpaired) electrons. The fraction of sp³-hybridized carbons (Fsp3) is 0.421. The summed E-state index contributed by atoms with van der Waals surface area (Å²) in [7, 11) is -2.99. The van der Waals surface area contributed by atoms with Gasteiger partial charge in [0, 0.05) is 19.2 Å². The van der Waals surface area contributed by atoms with Crippen molar-refractivity contribution in [2.45, 2.75) is 36.4 Å². The number of nitrogen functional groups attached to an aromatic ring is 1. The van der Waals surface area contributed by atoms with Crippen molar-refractivity contribution < 1.29 is 33.0 Å². The summed E-state index contributed by atoms with van der Waals surface area (Å²) in [6, 6.07) is 3.29. The molecule has 16 heteroatoms. The van der Waals surface area contributed by atoms with E-state index in [2.05, 4.69) is 15.0 Å². The highest BCUT2D eigenvalue weighted by molar-refractivity contribution is 7.89. The van der Waals surface area contributed by atoms with Gasteiger partial charge < -0.3 is 25.4 Å². The van der Waals surface area contributed by atoms with E-state index in [9.17, 15) is 28.7 Å². The van der Waals surface area contributed by atoms with Crippen LogP contribution < -0.4 is 10.5 Å². The average molecular weight is 510 g/mol. The van der Waals surface area contributed by atoms with Crippen LogP contribution in [0.2, 0.25) is 0 Å². The predicted octanol–water partition coefficient (Wildman–Crippen LogP) is -0.345. The van der Waals surface area contributed by atoms with E-state index in [4.69, 9.17) is 15.2 Å². The number of likely N-dealkylation sites (N-methyl/N-ethyl adjacent to an activating group) is 1. The van der Waals surface area contributed by atoms with Gasteiger partial charge in [-0.05, 0) is 12.1 Å². The minimum Gasteiger partial charge on any atom is -0.490 e. The third-order valence-electron chi connectivity index (χ3n) is 5.72. The van der Waals surface area contributed by atoms with Crippen LogP contribution in [0.15, 0.2) is 35.7 Å². The molecule has 0 spiro atoms. The summed E-state index contributed by atoms with van der Waals surface area (Å²) in [6.07, 6.45) is -2.61. The van der Waals surface area contributed by atoms with Gasteiger partial charge in [0.1, 0.15) is 30.2 Å². The topological polar surface area (TPSA) is 209 Å². The third kappa shape index (κ3) is 4.25. The molecule has 188 valence electrons. The SMILES string of the molecule is CCN(C[C@H]1O[C@@H](n2cnc3c(N)ncnc32)[C@H](O)[C@@H]1O)S(=O)(=O)c1ccc(OC)c([N+](=O)[O-])c1. The van der Waals surface area contributed by atoms with E-state index in [0.717, 1.165) is 10.4 Å². The molecule has 1 aliphatic rings. The lowest BCUT2D eigenvalue weighted by atomic mass is 10.1. The summed E-state index contributed by atoms with van der Waals surface area (Å²) in [5, 5.41) is 32.6. The Morgan fingerprint density at radius 1 is 1.29 bits per heavy atom. The molecule has 2 aromatic heterocycles. The zero-order valence-electron chi connectivity index (χ0n) is 18.6. The Hall–Kier alpha value is -3.44. The lowest BCUT2D eigenvalue weighted by Gasteiger charge is -2.25. The quantitative estimate of drug-likeness (QED) is 0.263. The smallest absolute Gasteiger partial charge is 0.312 e. The number of hydrogen-bond donors (Lipinski definition) is 3. The molecule has 0 saturated carbocycles. The van der Waals surface area contributed by atoms with Gasteiger partial charge in [-0.3, -0.25) is 14.7 Å². The molecule has 1 aromatic carbocycles. The normalized spacial score (nSPS) is 22.7. The summed E-state index contributed by atoms with van der Waals surface area (Å²) in [5.41, 5.74) is 5.82. The maximum absolute atomic E-state index is 13.3. The Morgan fingerprint density at radius 3 is 2.69 bits per heavy atom. The summed E-state index contributed by atoms with van der Waals surface area (Å²) in [4.78, 5) is 22.3. The third-order valence-corrected chi connectivity index (χ3v) is 7.66. The molecule has 0 aliphatic carbocycles. The molecule has 1 aliphatic heterocycles. The summed E-state index contributed by atoms with van der Waals surface area (Å²) >= 11 is 0. The van der Waals surface area contributed by atoms with Crippen LogP contribution in [0, 0.1) is 10.1 Å². The maximum Gasteiger partial charge on any atom is 0.312 e. The van der Waals surface area contributed by atoms with E-state index in [1.807, 2.05) is 0 Å². The van der Waals surface area contributed by atoms with E-state index in [1.165, 1.54) is 36.5 Å². The first-order valence-corrected chi connectivity index (χ1v) is 11.8. The highest BCUT2D eigenvalue weighted by atomic mass is 32.2. The Balaban J connectivity index is 1.60. The first-order valence-electron chi connectivity index (χ1n) is 10.4. The fourth-order valence-corrected chi connectivity index (χ4v) is 5.37. The fourth-order valence-electron chi connectivity index (χ4n) is 3.89. The number of benzene rings is 1. The Bertz CT molecular complexity index is 1360. The second kappa shape index (κ2) is 9.31. The predicted molar refractivity (Wildman–Crippen MR) is 120 cm³/mol. The van der Waals surface area contributed by atoms with Crippen molar-refractivity contribution in [1.29, 1.82) is 0 Å². The molecule has 0 amide bonds. The zero-order valence-corrected chi connectivity index (χ0v) is 19.4. The molecule has 0 unspecified atom stereocenters. The largest absolute Gasteiger partial charge is 0.490 e. The summed E-state index contributed by atoms with van der Waals surface area (Å²) < 4.78 is 39.6. The highest BCUT2D eigenvalue weighted by Gasteiger charge is 2.46. The summed E-state index contributed by atoms with van der Waals surface area (Å²) in [6.45, 7) is 1.19. The highest BCUT2D eigenvalue weighted by Crippen LogP contribution is 2.34. The lowest BCUT2D eigenvalue weighted by molar-refractivity contribution is -0.386. The molecule has 4 N–H and O–H groups in total. The number of aromatic nitrogens is 4. The van der Waals surface area contributed by atoms with Gasteiger partial charge in [0.25, 0.3) is 0 Å². The van der Waals surface area contributed by atoms with Crippen LogP contribution in [0.4, 0.5) is 11.5 Å². The van der Waals surface area contributed by atoms with Crippen molar-refractivity contribution >= 4 is 32.7 Å². The van der Waals surface area contributed by atoms with E-state index >= 15 is 0 Å². The number of nitro groups is 1. The molecule has 15 nitrogen and oxygen atoms in total. The van der Waals surface area contributed by atoms with Crippen molar-refractivity contribution in [3.8, 4) is 5.75 Å². The Morgan fingerprint density at radius 2 is 2.03 bits per heavy atom. The number of anilines is 1. The van der Waals surface area contributed by atoms with Crippen LogP contribution in [0.5, 0.6) is 5.75 Å². The van der Waals surface area contributed by atoms with Crippen molar-refractivity contribution in [1.82, 2.24) is 23.8 Å². The van der Waals surface area contributed by atoms with Crippen LogP contribution in [0.3, 0.4) is 0 Å². The Labute approximate surface area is 198 Å². The Kier molecular flexibility index (Phi) is 6.56. The minimum atomic E-state index is -4.23. The van der Waals surface area contributed by atoms with Crippen molar-refractivity contribution in [2.75, 3.05) is 25.9 Å². The van der Waals surface area contributed by atoms with E-state index in [1.54, 1.807) is 6.92 Å². The number of methoxy groups -OCH3 is 1. The molecule has 0 bridgehead atoms. The number of fused-ring (bicyclic) bond motifs is 1. The molecule has 3 aromatic rings. The second-order valence-corrected chi connectivity index (χ2v) is 9.61. The van der Waals surface area contributed by atoms with Gasteiger partial charge in [0.2, 0.25) is 10.0 Å². The molecular formula is C19H23N7O8S. The van der Waals surface area contributed by atoms with Crippen molar-refractivity contribution in [3.05, 3.63) is 41.0 Å². The van der Waals surface area contributed by atoms with E-state index in [0.29, 0.717) is 0 Å². The van der Waals surface area contributed by atoms with Crippen LogP contribution in [0.1, 0.15) is 13.2 Å². The molecule has 1 saturated heterocycles. The number of ether oxygens (including phenoxy) is 2. The molecule has 3 heterocycles. The number of hydrogen-bond acceptors (Lipinski definition) is 12. The van der Waals surface area contributed by atoms with Gasteiger partial charge in [-0.25, -0.2) is 23.4 Å². The second-order valence-electron chi connectivity index (χ2n) is 7.68. The van der Waals surface area contributed by atoms with Crippen LogP contribution >= 0.6 is 0 Å². The van der Waals surface area contributed by atoms with Gasteiger partial charge in [-0.2, -0.15) is 4.31 Å². The number of nitrogens with two attached hydrogens (primary N) is 1. The van der Waals surface area contributed by atoms with E-state index < -0.39 is 45.2 Å². The van der Waals surface area contributed by atoms with Gasteiger partial charge in [0.15, 0.2) is 23.4 Å². The lowest BCUT2D eigenvalue weighted by Crippen LogP contribution is -2.42. The van der Waals surface area contributed by atoms with Gasteiger partial charge in [-0.1, -0.05) is 6.92 Å². The summed E-state index contributed by atoms with van der Waals surface area (Å²) in [5.74, 6) is 0.0321. The molecule has 35 heavy (non-hydrogen) atoms. The first kappa shape index (κ1) is 24.7.